The molecule has 1 heterocycles. The fourth-order valence-corrected chi connectivity index (χ4v) is 3.87. The van der Waals surface area contributed by atoms with Gasteiger partial charge < -0.3 is 4.90 Å². The van der Waals surface area contributed by atoms with Crippen LogP contribution in [0.25, 0.3) is 0 Å². The highest BCUT2D eigenvalue weighted by atomic mass is 35.5. The van der Waals surface area contributed by atoms with E-state index in [1.165, 1.54) is 13.8 Å². The summed E-state index contributed by atoms with van der Waals surface area (Å²) in [5, 5.41) is -8.75. The molecule has 0 radical (unpaired) electrons. The Bertz CT molecular complexity index is 338. The molecule has 1 rings (SSSR count). The monoisotopic (exact) mass is 313 g/mol. The minimum atomic E-state index is -4.37. The molecule has 2 nitrogen and oxygen atoms in total. The Labute approximate surface area is 110 Å². The van der Waals surface area contributed by atoms with Crippen LogP contribution in [0.2, 0.25) is 0 Å². The first kappa shape index (κ1) is 15.2. The summed E-state index contributed by atoms with van der Waals surface area (Å²) in [4.78, 5) is 8.57. The van der Waals surface area contributed by atoms with Crippen molar-refractivity contribution in [3.63, 3.8) is 0 Å². The highest BCUT2D eigenvalue weighted by Gasteiger charge is 2.77. The highest BCUT2D eigenvalue weighted by Crippen LogP contribution is 2.63. The lowest BCUT2D eigenvalue weighted by molar-refractivity contribution is -0.153. The number of hydrogen-bond acceptors (Lipinski definition) is 2. The Morgan fingerprint density at radius 2 is 1.53 bits per heavy atom. The molecule has 1 saturated heterocycles. The molecular weight excluding hydrogens is 305 g/mol. The summed E-state index contributed by atoms with van der Waals surface area (Å²) in [6.45, 7) is 2.51. The third-order valence-electron chi connectivity index (χ3n) is 2.46. The van der Waals surface area contributed by atoms with Crippen molar-refractivity contribution in [2.75, 3.05) is 7.05 Å². The molecule has 1 amide bonds. The summed E-state index contributed by atoms with van der Waals surface area (Å²) >= 11 is 9.57. The van der Waals surface area contributed by atoms with Crippen molar-refractivity contribution in [2.45, 2.75) is 34.2 Å². The summed E-state index contributed by atoms with van der Waals surface area (Å²) in [6.07, 6.45) is 0. The van der Waals surface area contributed by atoms with Gasteiger partial charge in [-0.1, -0.05) is 0 Å². The second-order valence-electron chi connectivity index (χ2n) is 4.12. The molecule has 0 aliphatic carbocycles. The van der Waals surface area contributed by atoms with E-state index in [0.717, 1.165) is 7.05 Å². The second kappa shape index (κ2) is 3.81. The van der Waals surface area contributed by atoms with E-state index in [9.17, 15) is 22.4 Å². The molecule has 0 N–H and O–H groups in total. The third kappa shape index (κ3) is 2.00. The van der Waals surface area contributed by atoms with Crippen LogP contribution >= 0.6 is 35.0 Å². The molecule has 0 saturated carbocycles. The molecule has 0 unspecified atom stereocenters. The zero-order chi connectivity index (χ0) is 13.9. The molecule has 0 aromatic heterocycles. The molecular formula is C8H9Cl2F4NOS. The Kier molecular flexibility index (Phi) is 3.40. The van der Waals surface area contributed by atoms with Gasteiger partial charge in [0.1, 0.15) is 0 Å². The van der Waals surface area contributed by atoms with Gasteiger partial charge in [-0.2, -0.15) is 17.6 Å². The van der Waals surface area contributed by atoms with E-state index in [2.05, 4.69) is 0 Å². The van der Waals surface area contributed by atoms with Crippen LogP contribution in [0.5, 0.6) is 0 Å². The number of carbonyl (C=O) groups excluding carboxylic acids is 1. The van der Waals surface area contributed by atoms with Crippen LogP contribution < -0.4 is 0 Å². The first-order valence-electron chi connectivity index (χ1n) is 4.39. The van der Waals surface area contributed by atoms with Crippen molar-refractivity contribution in [3.8, 4) is 0 Å². The number of nitrogens with zero attached hydrogens (tertiary/aromatic N) is 1. The SMILES string of the molecule is CN1C(=O)C(C)(C)SC1(C(F)(F)Cl)C(F)(F)Cl. The summed E-state index contributed by atoms with van der Waals surface area (Å²) in [7, 11) is 0.830. The van der Waals surface area contributed by atoms with E-state index >= 15 is 0 Å². The van der Waals surface area contributed by atoms with Crippen molar-refractivity contribution in [3.05, 3.63) is 0 Å². The quantitative estimate of drug-likeness (QED) is 0.576. The van der Waals surface area contributed by atoms with Crippen LogP contribution in [0.1, 0.15) is 13.8 Å². The average molecular weight is 314 g/mol. The topological polar surface area (TPSA) is 20.3 Å². The molecule has 1 aliphatic rings. The van der Waals surface area contributed by atoms with E-state index in [1.54, 1.807) is 0 Å². The van der Waals surface area contributed by atoms with Crippen LogP contribution in [0, 0.1) is 0 Å². The smallest absolute Gasteiger partial charge is 0.317 e. The fraction of sp³-hybridized carbons (Fsp3) is 0.875. The molecule has 100 valence electrons. The first-order chi connectivity index (χ1) is 7.27. The van der Waals surface area contributed by atoms with Gasteiger partial charge in [-0.25, -0.2) is 0 Å². The van der Waals surface area contributed by atoms with Gasteiger partial charge in [0, 0.05) is 7.05 Å². The molecule has 0 bridgehead atoms. The summed E-state index contributed by atoms with van der Waals surface area (Å²) in [5.41, 5.74) is 0. The van der Waals surface area contributed by atoms with Crippen molar-refractivity contribution < 1.29 is 22.4 Å². The van der Waals surface area contributed by atoms with Crippen LogP contribution in [0.15, 0.2) is 0 Å². The number of rotatable bonds is 2. The number of hydrogen-bond donors (Lipinski definition) is 0. The van der Waals surface area contributed by atoms with E-state index in [1.807, 2.05) is 0 Å². The number of amides is 1. The van der Waals surface area contributed by atoms with E-state index in [4.69, 9.17) is 23.2 Å². The van der Waals surface area contributed by atoms with Crippen LogP contribution in [-0.2, 0) is 4.79 Å². The Hall–Kier alpha value is 0.120. The number of alkyl halides is 6. The summed E-state index contributed by atoms with van der Waals surface area (Å²) < 4.78 is 51.9. The Morgan fingerprint density at radius 1 is 1.18 bits per heavy atom. The summed E-state index contributed by atoms with van der Waals surface area (Å²) in [6, 6.07) is 0. The van der Waals surface area contributed by atoms with Crippen molar-refractivity contribution >= 4 is 40.9 Å². The zero-order valence-electron chi connectivity index (χ0n) is 9.03. The lowest BCUT2D eigenvalue weighted by Gasteiger charge is -2.40. The normalized spacial score (nSPS) is 24.3. The maximum absolute atomic E-state index is 13.3. The third-order valence-corrected chi connectivity index (χ3v) is 5.00. The molecule has 17 heavy (non-hydrogen) atoms. The Balaban J connectivity index is 3.45. The van der Waals surface area contributed by atoms with Gasteiger partial charge in [0.2, 0.25) is 10.8 Å². The van der Waals surface area contributed by atoms with Crippen LogP contribution in [0.4, 0.5) is 17.6 Å². The molecule has 1 fully saturated rings. The molecule has 0 aromatic carbocycles. The highest BCUT2D eigenvalue weighted by molar-refractivity contribution is 8.03. The van der Waals surface area contributed by atoms with Crippen molar-refractivity contribution in [1.82, 2.24) is 4.90 Å². The van der Waals surface area contributed by atoms with Crippen molar-refractivity contribution in [2.24, 2.45) is 0 Å². The van der Waals surface area contributed by atoms with E-state index in [-0.39, 0.29) is 16.7 Å². The predicted molar refractivity (Wildman–Crippen MR) is 58.8 cm³/mol. The van der Waals surface area contributed by atoms with Crippen LogP contribution in [0.3, 0.4) is 0 Å². The van der Waals surface area contributed by atoms with E-state index < -0.39 is 26.3 Å². The fourth-order valence-electron chi connectivity index (χ4n) is 1.69. The van der Waals surface area contributed by atoms with Gasteiger partial charge >= 0.3 is 10.8 Å². The minimum Gasteiger partial charge on any atom is -0.317 e. The van der Waals surface area contributed by atoms with Gasteiger partial charge in [-0.3, -0.25) is 4.79 Å². The maximum atomic E-state index is 13.3. The molecule has 9 heteroatoms. The lowest BCUT2D eigenvalue weighted by atomic mass is 10.1. The number of carbonyl (C=O) groups is 1. The van der Waals surface area contributed by atoms with E-state index in [0.29, 0.717) is 0 Å². The largest absolute Gasteiger partial charge is 0.361 e. The molecule has 0 spiro atoms. The minimum absolute atomic E-state index is 0.0579. The molecule has 0 aromatic rings. The number of thioether (sulfide) groups is 1. The first-order valence-corrected chi connectivity index (χ1v) is 5.96. The second-order valence-corrected chi connectivity index (χ2v) is 6.88. The standard InChI is InChI=1S/C8H9Cl2F4NOS/c1-5(2)4(16)15(3)6(17-5,7(9,11)12)8(10,13)14/h1-3H3. The van der Waals surface area contributed by atoms with Gasteiger partial charge in [0.05, 0.1) is 4.75 Å². The average Bonchev–Trinajstić information content (AvgIpc) is 2.24. The van der Waals surface area contributed by atoms with Crippen molar-refractivity contribution in [1.29, 1.82) is 0 Å². The van der Waals surface area contributed by atoms with Gasteiger partial charge in [-0.15, -0.1) is 11.8 Å². The zero-order valence-corrected chi connectivity index (χ0v) is 11.4. The van der Waals surface area contributed by atoms with Crippen LogP contribution in [-0.4, -0.2) is 38.2 Å². The molecule has 0 atom stereocenters. The number of halogens is 6. The predicted octanol–water partition coefficient (Wildman–Crippen LogP) is 3.33. The maximum Gasteiger partial charge on any atom is 0.361 e. The summed E-state index contributed by atoms with van der Waals surface area (Å²) in [5.74, 6) is -0.886. The van der Waals surface area contributed by atoms with Gasteiger partial charge in [-0.05, 0) is 37.0 Å². The Morgan fingerprint density at radius 3 is 1.65 bits per heavy atom. The molecule has 1 aliphatic heterocycles. The van der Waals surface area contributed by atoms with Gasteiger partial charge in [0.25, 0.3) is 0 Å². The van der Waals surface area contributed by atoms with Gasteiger partial charge in [0.15, 0.2) is 0 Å². The lowest BCUT2D eigenvalue weighted by Crippen LogP contribution is -2.61.